The fraction of sp³-hybridized carbons (Fsp3) is 0.261. The zero-order valence-corrected chi connectivity index (χ0v) is 19.4. The molecule has 9 nitrogen and oxygen atoms in total. The normalized spacial score (nSPS) is 17.2. The van der Waals surface area contributed by atoms with Crippen LogP contribution >= 0.6 is 15.9 Å². The van der Waals surface area contributed by atoms with Gasteiger partial charge < -0.3 is 24.9 Å². The number of methoxy groups -OCH3 is 2. The number of benzene rings is 2. The van der Waals surface area contributed by atoms with Crippen molar-refractivity contribution in [3.8, 4) is 23.3 Å². The summed E-state index contributed by atoms with van der Waals surface area (Å²) >= 11 is 3.52. The van der Waals surface area contributed by atoms with Gasteiger partial charge in [-0.25, -0.2) is 4.98 Å². The van der Waals surface area contributed by atoms with Crippen LogP contribution in [-0.4, -0.2) is 30.1 Å². The lowest BCUT2D eigenvalue weighted by molar-refractivity contribution is -0.117. The molecule has 2 aliphatic rings. The van der Waals surface area contributed by atoms with E-state index in [1.165, 1.54) is 0 Å². The van der Waals surface area contributed by atoms with Crippen molar-refractivity contribution >= 4 is 38.8 Å². The predicted molar refractivity (Wildman–Crippen MR) is 124 cm³/mol. The summed E-state index contributed by atoms with van der Waals surface area (Å²) in [5.74, 6) is 1.32. The van der Waals surface area contributed by atoms with E-state index in [4.69, 9.17) is 19.9 Å². The Labute approximate surface area is 197 Å². The number of rotatable bonds is 5. The summed E-state index contributed by atoms with van der Waals surface area (Å²) in [4.78, 5) is 19.8. The first-order chi connectivity index (χ1) is 15.9. The maximum absolute atomic E-state index is 12.2. The Morgan fingerprint density at radius 1 is 1.33 bits per heavy atom. The van der Waals surface area contributed by atoms with Crippen molar-refractivity contribution in [3.05, 3.63) is 51.3 Å². The van der Waals surface area contributed by atoms with E-state index in [1.54, 1.807) is 14.2 Å². The van der Waals surface area contributed by atoms with E-state index in [9.17, 15) is 10.1 Å². The second-order valence-corrected chi connectivity index (χ2v) is 8.75. The van der Waals surface area contributed by atoms with E-state index in [-0.39, 0.29) is 23.3 Å². The molecular formula is C23H20BrN5O4. The van der Waals surface area contributed by atoms with E-state index in [0.717, 1.165) is 24.0 Å². The van der Waals surface area contributed by atoms with Gasteiger partial charge in [-0.1, -0.05) is 6.07 Å². The van der Waals surface area contributed by atoms with Gasteiger partial charge in [-0.15, -0.1) is 0 Å². The molecule has 1 fully saturated rings. The highest BCUT2D eigenvalue weighted by Crippen LogP contribution is 2.48. The average Bonchev–Trinajstić information content (AvgIpc) is 3.57. The first-order valence-corrected chi connectivity index (χ1v) is 11.1. The lowest BCUT2D eigenvalue weighted by Crippen LogP contribution is -2.21. The van der Waals surface area contributed by atoms with E-state index < -0.39 is 5.92 Å². The van der Waals surface area contributed by atoms with Crippen molar-refractivity contribution in [1.29, 1.82) is 5.26 Å². The molecule has 1 aromatic heterocycles. The van der Waals surface area contributed by atoms with Crippen LogP contribution in [0.5, 0.6) is 17.2 Å². The SMILES string of the molecule is COc1cc(C2C(C#N)=C(N)Oc3c2ccc2[nH]c(NC(=O)C4CC4)nc32)cc(Br)c1OC. The van der Waals surface area contributed by atoms with E-state index >= 15 is 0 Å². The highest BCUT2D eigenvalue weighted by Gasteiger charge is 2.34. The van der Waals surface area contributed by atoms with Crippen LogP contribution in [0, 0.1) is 17.2 Å². The molecule has 5 rings (SSSR count). The molecular weight excluding hydrogens is 490 g/mol. The number of allylic oxidation sites excluding steroid dienone is 1. The van der Waals surface area contributed by atoms with Crippen molar-refractivity contribution in [3.63, 3.8) is 0 Å². The molecule has 1 aliphatic heterocycles. The van der Waals surface area contributed by atoms with Gasteiger partial charge in [0.2, 0.25) is 17.7 Å². The standard InChI is InChI=1S/C23H20BrN5O4/c1-31-16-8-11(7-14(24)20(16)32-2)17-12-5-6-15-18(19(12)33-21(26)13(17)9-25)28-23(27-15)29-22(30)10-3-4-10/h5-8,10,17H,3-4,26H2,1-2H3,(H2,27,28,29,30). The zero-order valence-electron chi connectivity index (χ0n) is 17.9. The number of hydrogen-bond acceptors (Lipinski definition) is 7. The van der Waals surface area contributed by atoms with Gasteiger partial charge in [-0.3, -0.25) is 10.1 Å². The van der Waals surface area contributed by atoms with E-state index in [1.807, 2.05) is 24.3 Å². The number of carbonyl (C=O) groups is 1. The molecule has 33 heavy (non-hydrogen) atoms. The van der Waals surface area contributed by atoms with Crippen LogP contribution < -0.4 is 25.3 Å². The quantitative estimate of drug-likeness (QED) is 0.474. The van der Waals surface area contributed by atoms with Crippen LogP contribution in [0.3, 0.4) is 0 Å². The highest BCUT2D eigenvalue weighted by molar-refractivity contribution is 9.10. The van der Waals surface area contributed by atoms with Crippen LogP contribution in [-0.2, 0) is 4.79 Å². The molecule has 2 heterocycles. The van der Waals surface area contributed by atoms with Crippen molar-refractivity contribution in [2.45, 2.75) is 18.8 Å². The van der Waals surface area contributed by atoms with Gasteiger partial charge in [0.05, 0.1) is 30.1 Å². The van der Waals surface area contributed by atoms with Crippen molar-refractivity contribution in [1.82, 2.24) is 9.97 Å². The summed E-state index contributed by atoms with van der Waals surface area (Å²) in [6.07, 6.45) is 1.79. The number of anilines is 1. The first-order valence-electron chi connectivity index (χ1n) is 10.3. The number of fused-ring (bicyclic) bond motifs is 3. The summed E-state index contributed by atoms with van der Waals surface area (Å²) in [5.41, 5.74) is 9.14. The number of nitriles is 1. The largest absolute Gasteiger partial charge is 0.493 e. The topological polar surface area (TPSA) is 135 Å². The van der Waals surface area contributed by atoms with Gasteiger partial charge in [0.25, 0.3) is 0 Å². The number of hydrogen-bond donors (Lipinski definition) is 3. The maximum atomic E-state index is 12.2. The highest BCUT2D eigenvalue weighted by atomic mass is 79.9. The summed E-state index contributed by atoms with van der Waals surface area (Å²) in [6.45, 7) is 0. The van der Waals surface area contributed by atoms with Crippen LogP contribution in [0.15, 0.2) is 40.2 Å². The second-order valence-electron chi connectivity index (χ2n) is 7.89. The molecule has 1 aliphatic carbocycles. The molecule has 1 unspecified atom stereocenters. The fourth-order valence-electron chi connectivity index (χ4n) is 4.06. The minimum atomic E-state index is -0.513. The Morgan fingerprint density at radius 2 is 2.12 bits per heavy atom. The average molecular weight is 510 g/mol. The molecule has 168 valence electrons. The molecule has 3 aromatic rings. The second kappa shape index (κ2) is 8.01. The van der Waals surface area contributed by atoms with Gasteiger partial charge in [0.15, 0.2) is 17.2 Å². The number of halogens is 1. The summed E-state index contributed by atoms with van der Waals surface area (Å²) in [5, 5.41) is 12.7. The monoisotopic (exact) mass is 509 g/mol. The Balaban J connectivity index is 1.65. The molecule has 2 aromatic carbocycles. The van der Waals surface area contributed by atoms with Crippen molar-refractivity contribution < 1.29 is 19.0 Å². The molecule has 1 amide bonds. The molecule has 1 atom stereocenters. The zero-order chi connectivity index (χ0) is 23.3. The lowest BCUT2D eigenvalue weighted by atomic mass is 9.83. The van der Waals surface area contributed by atoms with E-state index in [0.29, 0.717) is 38.7 Å². The van der Waals surface area contributed by atoms with Crippen molar-refractivity contribution in [2.75, 3.05) is 19.5 Å². The van der Waals surface area contributed by atoms with Crippen LogP contribution in [0.1, 0.15) is 29.9 Å². The maximum Gasteiger partial charge on any atom is 0.229 e. The first kappa shape index (κ1) is 21.2. The van der Waals surface area contributed by atoms with Crippen LogP contribution in [0.2, 0.25) is 0 Å². The van der Waals surface area contributed by atoms with Gasteiger partial charge in [-0.2, -0.15) is 5.26 Å². The summed E-state index contributed by atoms with van der Waals surface area (Å²) in [6, 6.07) is 9.56. The number of nitrogens with zero attached hydrogens (tertiary/aromatic N) is 2. The smallest absolute Gasteiger partial charge is 0.229 e. The molecule has 4 N–H and O–H groups in total. The third kappa shape index (κ3) is 3.54. The molecule has 10 heteroatoms. The molecule has 0 spiro atoms. The predicted octanol–water partition coefficient (Wildman–Crippen LogP) is 3.91. The number of nitrogens with two attached hydrogens (primary N) is 1. The van der Waals surface area contributed by atoms with Gasteiger partial charge >= 0.3 is 0 Å². The van der Waals surface area contributed by atoms with Gasteiger partial charge in [-0.05, 0) is 52.5 Å². The number of ether oxygens (including phenoxy) is 3. The number of imidazole rings is 1. The number of amides is 1. The molecule has 0 bridgehead atoms. The Morgan fingerprint density at radius 3 is 2.79 bits per heavy atom. The summed E-state index contributed by atoms with van der Waals surface area (Å²) < 4.78 is 17.5. The van der Waals surface area contributed by atoms with Crippen LogP contribution in [0.4, 0.5) is 5.95 Å². The molecule has 1 saturated carbocycles. The Bertz CT molecular complexity index is 1370. The number of carbonyl (C=O) groups excluding carboxylic acids is 1. The fourth-order valence-corrected chi connectivity index (χ4v) is 4.68. The number of aromatic amines is 1. The minimum Gasteiger partial charge on any atom is -0.493 e. The molecule has 0 radical (unpaired) electrons. The Kier molecular flexibility index (Phi) is 5.13. The Hall–Kier alpha value is -3.71. The number of aromatic nitrogens is 2. The van der Waals surface area contributed by atoms with Gasteiger partial charge in [0, 0.05) is 11.5 Å². The molecule has 0 saturated heterocycles. The summed E-state index contributed by atoms with van der Waals surface area (Å²) in [7, 11) is 3.10. The minimum absolute atomic E-state index is 0.0000247. The number of nitrogens with one attached hydrogen (secondary N) is 2. The third-order valence-electron chi connectivity index (χ3n) is 5.82. The van der Waals surface area contributed by atoms with E-state index in [2.05, 4.69) is 37.3 Å². The van der Waals surface area contributed by atoms with Gasteiger partial charge in [0.1, 0.15) is 17.2 Å². The third-order valence-corrected chi connectivity index (χ3v) is 6.40. The van der Waals surface area contributed by atoms with Crippen LogP contribution in [0.25, 0.3) is 11.0 Å². The van der Waals surface area contributed by atoms with Crippen molar-refractivity contribution in [2.24, 2.45) is 11.7 Å². The lowest BCUT2D eigenvalue weighted by Gasteiger charge is -2.27. The number of H-pyrrole nitrogens is 1.